The lowest BCUT2D eigenvalue weighted by Crippen LogP contribution is -2.55. The van der Waals surface area contributed by atoms with Crippen LogP contribution in [0.15, 0.2) is 0 Å². The predicted molar refractivity (Wildman–Crippen MR) is 86.3 cm³/mol. The summed E-state index contributed by atoms with van der Waals surface area (Å²) < 4.78 is 26.6. The van der Waals surface area contributed by atoms with Gasteiger partial charge in [-0.1, -0.05) is 0 Å². The normalized spacial score (nSPS) is 27.5. The molecule has 1 unspecified atom stereocenters. The number of hydroxylamine groups is 2. The molecule has 2 bridgehead atoms. The first-order valence-corrected chi connectivity index (χ1v) is 8.91. The maximum absolute atomic E-state index is 13.3. The summed E-state index contributed by atoms with van der Waals surface area (Å²) in [5.41, 5.74) is 4.60. The Kier molecular flexibility index (Phi) is 5.65. The second-order valence-electron chi connectivity index (χ2n) is 6.94. The van der Waals surface area contributed by atoms with E-state index in [2.05, 4.69) is 21.0 Å². The molecule has 3 fully saturated rings. The van der Waals surface area contributed by atoms with Gasteiger partial charge in [-0.25, -0.2) is 9.59 Å². The number of carbonyl (C=O) groups excluding carboxylic acids is 3. The molecule has 3 heterocycles. The van der Waals surface area contributed by atoms with E-state index in [1.807, 2.05) is 0 Å². The Morgan fingerprint density at radius 1 is 1.18 bits per heavy atom. The van der Waals surface area contributed by atoms with Gasteiger partial charge in [0.05, 0.1) is 12.0 Å². The number of amides is 4. The number of hydrogen-bond acceptors (Lipinski definition) is 6. The molecular weight excluding hydrogens is 384 g/mol. The first kappa shape index (κ1) is 20.2. The summed E-state index contributed by atoms with van der Waals surface area (Å²) in [6, 6.07) is -2.79. The van der Waals surface area contributed by atoms with Gasteiger partial charge in [0.25, 0.3) is 5.91 Å². The average molecular weight is 405 g/mol. The molecule has 0 saturated carbocycles. The Hall–Kier alpha value is -2.54. The van der Waals surface area contributed by atoms with Crippen molar-refractivity contribution < 1.29 is 37.9 Å². The number of alkyl halides is 2. The maximum atomic E-state index is 13.3. The van der Waals surface area contributed by atoms with Gasteiger partial charge in [-0.15, -0.1) is 0 Å². The van der Waals surface area contributed by atoms with Crippen LogP contribution < -0.4 is 16.2 Å². The quantitative estimate of drug-likeness (QED) is 0.431. The van der Waals surface area contributed by atoms with E-state index in [4.69, 9.17) is 5.11 Å². The summed E-state index contributed by atoms with van der Waals surface area (Å²) in [6.07, 6.45) is -2.71. The third kappa shape index (κ3) is 3.99. The van der Waals surface area contributed by atoms with E-state index < -0.39 is 36.1 Å². The largest absolute Gasteiger partial charge is 0.476 e. The number of piperidine rings is 2. The Morgan fingerprint density at radius 3 is 2.54 bits per heavy atom. The van der Waals surface area contributed by atoms with Crippen LogP contribution in [0.1, 0.15) is 25.7 Å². The summed E-state index contributed by atoms with van der Waals surface area (Å²) in [5, 5.41) is 11.9. The highest BCUT2D eigenvalue weighted by Crippen LogP contribution is 2.33. The molecule has 0 spiro atoms. The van der Waals surface area contributed by atoms with E-state index in [0.717, 1.165) is 17.9 Å². The first-order valence-electron chi connectivity index (χ1n) is 8.91. The van der Waals surface area contributed by atoms with Crippen LogP contribution in [0, 0.1) is 5.92 Å². The van der Waals surface area contributed by atoms with Crippen molar-refractivity contribution in [1.29, 1.82) is 0 Å². The van der Waals surface area contributed by atoms with Gasteiger partial charge in [-0.3, -0.25) is 20.4 Å². The molecule has 156 valence electrons. The molecule has 3 aliphatic heterocycles. The van der Waals surface area contributed by atoms with E-state index >= 15 is 0 Å². The second-order valence-corrected chi connectivity index (χ2v) is 6.94. The van der Waals surface area contributed by atoms with E-state index in [0.29, 0.717) is 18.0 Å². The van der Waals surface area contributed by atoms with Crippen LogP contribution in [0.3, 0.4) is 0 Å². The molecule has 3 aliphatic rings. The molecule has 4 N–H and O–H groups in total. The Morgan fingerprint density at radius 2 is 1.89 bits per heavy atom. The van der Waals surface area contributed by atoms with Gasteiger partial charge in [0, 0.05) is 13.1 Å². The van der Waals surface area contributed by atoms with Crippen molar-refractivity contribution in [3.8, 4) is 0 Å². The van der Waals surface area contributed by atoms with Crippen molar-refractivity contribution in [1.82, 2.24) is 26.1 Å². The highest BCUT2D eigenvalue weighted by atomic mass is 19.3. The zero-order chi connectivity index (χ0) is 20.5. The standard InChI is InChI=1S/C15H21F2N5O6/c16-15(17,13(25)26)28-22-9-3-4-10(21(7-9)14(22)27)12(24)20-19-11(23)8-2-1-5-18-6-8/h8-10,18H,1-7H2,(H,19,23)(H,20,24)(H,25,26)/t8?,9-,10+/m1/s1. The van der Waals surface area contributed by atoms with E-state index in [1.165, 1.54) is 0 Å². The lowest BCUT2D eigenvalue weighted by molar-refractivity contribution is -0.327. The third-order valence-corrected chi connectivity index (χ3v) is 5.06. The summed E-state index contributed by atoms with van der Waals surface area (Å²) >= 11 is 0. The van der Waals surface area contributed by atoms with Crippen LogP contribution in [-0.4, -0.2) is 76.7 Å². The number of hydrazine groups is 1. The fraction of sp³-hybridized carbons (Fsp3) is 0.733. The molecule has 3 atom stereocenters. The van der Waals surface area contributed by atoms with Crippen molar-refractivity contribution in [2.24, 2.45) is 5.92 Å². The molecule has 0 aromatic rings. The van der Waals surface area contributed by atoms with Crippen LogP contribution in [0.2, 0.25) is 0 Å². The SMILES string of the molecule is O=C(NNC(=O)[C@@H]1CC[C@@H]2CN1C(=O)N2OC(F)(F)C(=O)O)C1CCCNC1. The lowest BCUT2D eigenvalue weighted by Gasteiger charge is -2.29. The number of aliphatic carboxylic acids is 1. The number of fused-ring (bicyclic) bond motifs is 2. The lowest BCUT2D eigenvalue weighted by atomic mass is 9.99. The number of urea groups is 1. The summed E-state index contributed by atoms with van der Waals surface area (Å²) in [5.74, 6) is -3.81. The first-order chi connectivity index (χ1) is 13.2. The van der Waals surface area contributed by atoms with Crippen molar-refractivity contribution in [2.45, 2.75) is 43.9 Å². The molecule has 0 aromatic heterocycles. The van der Waals surface area contributed by atoms with Crippen LogP contribution in [0.25, 0.3) is 0 Å². The van der Waals surface area contributed by atoms with Crippen LogP contribution in [0.5, 0.6) is 0 Å². The topological polar surface area (TPSA) is 140 Å². The van der Waals surface area contributed by atoms with Gasteiger partial charge in [0.2, 0.25) is 5.91 Å². The van der Waals surface area contributed by atoms with Gasteiger partial charge >= 0.3 is 18.1 Å². The number of carboxylic acid groups (broad SMARTS) is 1. The minimum Gasteiger partial charge on any atom is -0.475 e. The monoisotopic (exact) mass is 405 g/mol. The van der Waals surface area contributed by atoms with E-state index in [-0.39, 0.29) is 31.2 Å². The number of nitrogens with zero attached hydrogens (tertiary/aromatic N) is 2. The molecule has 28 heavy (non-hydrogen) atoms. The van der Waals surface area contributed by atoms with Gasteiger partial charge in [0.1, 0.15) is 6.04 Å². The minimum absolute atomic E-state index is 0.0624. The second kappa shape index (κ2) is 7.83. The molecule has 11 nitrogen and oxygen atoms in total. The maximum Gasteiger partial charge on any atom is 0.476 e. The molecule has 3 rings (SSSR count). The summed E-state index contributed by atoms with van der Waals surface area (Å²) in [6.45, 7) is 1.27. The van der Waals surface area contributed by atoms with Crippen LogP contribution in [-0.2, 0) is 19.2 Å². The van der Waals surface area contributed by atoms with E-state index in [1.54, 1.807) is 0 Å². The Bertz CT molecular complexity index is 671. The minimum atomic E-state index is -4.56. The molecule has 4 amide bonds. The molecule has 0 radical (unpaired) electrons. The fourth-order valence-corrected chi connectivity index (χ4v) is 3.57. The number of carbonyl (C=O) groups is 4. The third-order valence-electron chi connectivity index (χ3n) is 5.06. The van der Waals surface area contributed by atoms with Gasteiger partial charge in [-0.2, -0.15) is 18.7 Å². The average Bonchev–Trinajstić information content (AvgIpc) is 2.91. The van der Waals surface area contributed by atoms with Gasteiger partial charge in [0.15, 0.2) is 0 Å². The number of hydrogen-bond donors (Lipinski definition) is 4. The highest BCUT2D eigenvalue weighted by Gasteiger charge is 2.53. The van der Waals surface area contributed by atoms with Crippen molar-refractivity contribution in [2.75, 3.05) is 19.6 Å². The fourth-order valence-electron chi connectivity index (χ4n) is 3.57. The number of nitrogens with one attached hydrogen (secondary N) is 3. The summed E-state index contributed by atoms with van der Waals surface area (Å²) in [7, 11) is 0. The van der Waals surface area contributed by atoms with Crippen molar-refractivity contribution in [3.63, 3.8) is 0 Å². The van der Waals surface area contributed by atoms with Crippen molar-refractivity contribution in [3.05, 3.63) is 0 Å². The van der Waals surface area contributed by atoms with E-state index in [9.17, 15) is 28.0 Å². The number of rotatable bonds is 5. The van der Waals surface area contributed by atoms with Crippen LogP contribution >= 0.6 is 0 Å². The van der Waals surface area contributed by atoms with Gasteiger partial charge < -0.3 is 15.3 Å². The smallest absolute Gasteiger partial charge is 0.475 e. The molecule has 3 saturated heterocycles. The zero-order valence-corrected chi connectivity index (χ0v) is 14.8. The Balaban J connectivity index is 1.56. The van der Waals surface area contributed by atoms with Gasteiger partial charge in [-0.05, 0) is 32.2 Å². The number of halogens is 2. The zero-order valence-electron chi connectivity index (χ0n) is 14.8. The molecular formula is C15H21F2N5O6. The molecule has 13 heteroatoms. The van der Waals surface area contributed by atoms with Crippen molar-refractivity contribution >= 4 is 23.8 Å². The van der Waals surface area contributed by atoms with Crippen LogP contribution in [0.4, 0.5) is 13.6 Å². The molecule has 0 aromatic carbocycles. The summed E-state index contributed by atoms with van der Waals surface area (Å²) in [4.78, 5) is 52.4. The Labute approximate surface area is 158 Å². The molecule has 0 aliphatic carbocycles. The number of carboxylic acids is 1. The highest BCUT2D eigenvalue weighted by molar-refractivity contribution is 5.90. The predicted octanol–water partition coefficient (Wildman–Crippen LogP) is -0.989.